The third-order valence-electron chi connectivity index (χ3n) is 5.00. The summed E-state index contributed by atoms with van der Waals surface area (Å²) in [5, 5.41) is 0. The van der Waals surface area contributed by atoms with Gasteiger partial charge in [-0.15, -0.1) is 0 Å². The van der Waals surface area contributed by atoms with Gasteiger partial charge in [-0.3, -0.25) is 4.79 Å². The molecule has 0 radical (unpaired) electrons. The molecule has 2 heteroatoms. The summed E-state index contributed by atoms with van der Waals surface area (Å²) in [5.41, 5.74) is 1.86. The standard InChI is InChI=1S/C20H22O2/c1-3-20(17-12-8-5-9-13-17)18(14-19(21)22-20)15(2)16-10-6-4-7-11-16/h4-13,15,18H,3,14H2,1-2H3/t15-,18+,20+/m0/s1. The van der Waals surface area contributed by atoms with Gasteiger partial charge in [0.15, 0.2) is 0 Å². The second-order valence-electron chi connectivity index (χ2n) is 6.09. The molecular weight excluding hydrogens is 272 g/mol. The Bertz CT molecular complexity index is 635. The molecule has 0 aromatic heterocycles. The fourth-order valence-corrected chi connectivity index (χ4v) is 3.77. The van der Waals surface area contributed by atoms with Crippen LogP contribution in [-0.4, -0.2) is 5.97 Å². The number of esters is 1. The summed E-state index contributed by atoms with van der Waals surface area (Å²) in [7, 11) is 0. The molecule has 0 N–H and O–H groups in total. The molecule has 114 valence electrons. The molecule has 1 aliphatic rings. The van der Waals surface area contributed by atoms with Gasteiger partial charge >= 0.3 is 5.97 Å². The summed E-state index contributed by atoms with van der Waals surface area (Å²) in [5.74, 6) is 0.348. The highest BCUT2D eigenvalue weighted by Gasteiger charge is 2.51. The van der Waals surface area contributed by atoms with Crippen molar-refractivity contribution in [1.82, 2.24) is 0 Å². The summed E-state index contributed by atoms with van der Waals surface area (Å²) in [6, 6.07) is 20.6. The van der Waals surface area contributed by atoms with Crippen molar-refractivity contribution in [3.8, 4) is 0 Å². The Labute approximate surface area is 132 Å². The Balaban J connectivity index is 2.03. The summed E-state index contributed by atoms with van der Waals surface area (Å²) < 4.78 is 5.90. The zero-order chi connectivity index (χ0) is 15.6. The third-order valence-corrected chi connectivity index (χ3v) is 5.00. The molecule has 2 aromatic rings. The molecule has 0 amide bonds. The van der Waals surface area contributed by atoms with E-state index in [0.29, 0.717) is 6.42 Å². The van der Waals surface area contributed by atoms with E-state index >= 15 is 0 Å². The van der Waals surface area contributed by atoms with Gasteiger partial charge in [0.25, 0.3) is 0 Å². The fourth-order valence-electron chi connectivity index (χ4n) is 3.77. The second kappa shape index (κ2) is 5.96. The molecule has 1 aliphatic heterocycles. The number of benzene rings is 2. The normalized spacial score (nSPS) is 25.7. The molecule has 1 heterocycles. The maximum atomic E-state index is 12.1. The van der Waals surface area contributed by atoms with Crippen molar-refractivity contribution in [2.45, 2.75) is 38.2 Å². The average molecular weight is 294 g/mol. The first kappa shape index (κ1) is 14.8. The van der Waals surface area contributed by atoms with Gasteiger partial charge in [-0.25, -0.2) is 0 Å². The minimum atomic E-state index is -0.506. The Hall–Kier alpha value is -2.09. The smallest absolute Gasteiger partial charge is 0.307 e. The quantitative estimate of drug-likeness (QED) is 0.767. The van der Waals surface area contributed by atoms with E-state index in [1.807, 2.05) is 24.3 Å². The molecular formula is C20H22O2. The molecule has 0 unspecified atom stereocenters. The van der Waals surface area contributed by atoms with Gasteiger partial charge in [0.1, 0.15) is 5.60 Å². The van der Waals surface area contributed by atoms with Crippen molar-refractivity contribution >= 4 is 5.97 Å². The van der Waals surface area contributed by atoms with Crippen molar-refractivity contribution in [3.63, 3.8) is 0 Å². The van der Waals surface area contributed by atoms with Crippen LogP contribution in [0.3, 0.4) is 0 Å². The maximum Gasteiger partial charge on any atom is 0.307 e. The monoisotopic (exact) mass is 294 g/mol. The van der Waals surface area contributed by atoms with Crippen LogP contribution < -0.4 is 0 Å². The molecule has 3 rings (SSSR count). The van der Waals surface area contributed by atoms with E-state index in [2.05, 4.69) is 50.2 Å². The van der Waals surface area contributed by atoms with E-state index in [4.69, 9.17) is 4.74 Å². The molecule has 0 spiro atoms. The van der Waals surface area contributed by atoms with Crippen LogP contribution in [0.15, 0.2) is 60.7 Å². The Morgan fingerprint density at radius 2 is 1.68 bits per heavy atom. The molecule has 0 bridgehead atoms. The van der Waals surface area contributed by atoms with Crippen LogP contribution in [0.5, 0.6) is 0 Å². The predicted molar refractivity (Wildman–Crippen MR) is 87.5 cm³/mol. The van der Waals surface area contributed by atoms with Crippen LogP contribution in [0.4, 0.5) is 0 Å². The summed E-state index contributed by atoms with van der Waals surface area (Å²) in [6.45, 7) is 4.31. The maximum absolute atomic E-state index is 12.1. The number of rotatable bonds is 4. The average Bonchev–Trinajstić information content (AvgIpc) is 2.93. The minimum absolute atomic E-state index is 0.0847. The lowest BCUT2D eigenvalue weighted by molar-refractivity contribution is -0.151. The molecule has 1 saturated heterocycles. The van der Waals surface area contributed by atoms with Gasteiger partial charge in [0, 0.05) is 5.92 Å². The van der Waals surface area contributed by atoms with Gasteiger partial charge in [0.2, 0.25) is 0 Å². The lowest BCUT2D eigenvalue weighted by atomic mass is 9.71. The number of hydrogen-bond acceptors (Lipinski definition) is 2. The van der Waals surface area contributed by atoms with Crippen LogP contribution in [0.25, 0.3) is 0 Å². The van der Waals surface area contributed by atoms with Crippen LogP contribution in [0.2, 0.25) is 0 Å². The topological polar surface area (TPSA) is 26.3 Å². The van der Waals surface area contributed by atoms with Gasteiger partial charge in [-0.05, 0) is 23.5 Å². The van der Waals surface area contributed by atoms with Crippen LogP contribution >= 0.6 is 0 Å². The predicted octanol–water partition coefficient (Wildman–Crippen LogP) is 4.66. The van der Waals surface area contributed by atoms with E-state index in [1.165, 1.54) is 5.56 Å². The van der Waals surface area contributed by atoms with Gasteiger partial charge in [-0.1, -0.05) is 74.5 Å². The van der Waals surface area contributed by atoms with Gasteiger partial charge in [0.05, 0.1) is 6.42 Å². The van der Waals surface area contributed by atoms with Crippen molar-refractivity contribution in [3.05, 3.63) is 71.8 Å². The van der Waals surface area contributed by atoms with Crippen molar-refractivity contribution in [1.29, 1.82) is 0 Å². The van der Waals surface area contributed by atoms with E-state index in [-0.39, 0.29) is 17.8 Å². The number of ether oxygens (including phenoxy) is 1. The Kier molecular flexibility index (Phi) is 4.02. The largest absolute Gasteiger partial charge is 0.454 e. The highest BCUT2D eigenvalue weighted by atomic mass is 16.6. The zero-order valence-electron chi connectivity index (χ0n) is 13.2. The minimum Gasteiger partial charge on any atom is -0.454 e. The summed E-state index contributed by atoms with van der Waals surface area (Å²) >= 11 is 0. The Morgan fingerprint density at radius 1 is 1.09 bits per heavy atom. The van der Waals surface area contributed by atoms with E-state index < -0.39 is 5.60 Å². The molecule has 2 nitrogen and oxygen atoms in total. The lowest BCUT2D eigenvalue weighted by Crippen LogP contribution is -2.34. The molecule has 22 heavy (non-hydrogen) atoms. The van der Waals surface area contributed by atoms with Gasteiger partial charge in [-0.2, -0.15) is 0 Å². The Morgan fingerprint density at radius 3 is 2.27 bits per heavy atom. The van der Waals surface area contributed by atoms with Crippen molar-refractivity contribution in [2.75, 3.05) is 0 Å². The van der Waals surface area contributed by atoms with Crippen LogP contribution in [0.1, 0.15) is 43.7 Å². The molecule has 1 fully saturated rings. The first-order chi connectivity index (χ1) is 10.7. The highest BCUT2D eigenvalue weighted by molar-refractivity contribution is 5.73. The molecule has 2 aromatic carbocycles. The van der Waals surface area contributed by atoms with Gasteiger partial charge < -0.3 is 4.74 Å². The first-order valence-corrected chi connectivity index (χ1v) is 7.99. The fraction of sp³-hybridized carbons (Fsp3) is 0.350. The van der Waals surface area contributed by atoms with Crippen LogP contribution in [-0.2, 0) is 15.1 Å². The zero-order valence-corrected chi connectivity index (χ0v) is 13.2. The number of cyclic esters (lactones) is 1. The lowest BCUT2D eigenvalue weighted by Gasteiger charge is -2.36. The SMILES string of the molecule is CC[C@]1(c2ccccc2)OC(=O)C[C@@H]1[C@@H](C)c1ccccc1. The van der Waals surface area contributed by atoms with E-state index in [9.17, 15) is 4.79 Å². The highest BCUT2D eigenvalue weighted by Crippen LogP contribution is 2.50. The molecule has 0 saturated carbocycles. The van der Waals surface area contributed by atoms with E-state index in [1.54, 1.807) is 0 Å². The summed E-state index contributed by atoms with van der Waals surface area (Å²) in [4.78, 5) is 12.1. The second-order valence-corrected chi connectivity index (χ2v) is 6.09. The number of carbonyl (C=O) groups excluding carboxylic acids is 1. The third kappa shape index (κ3) is 2.43. The number of carbonyl (C=O) groups is 1. The van der Waals surface area contributed by atoms with Crippen molar-refractivity contribution in [2.24, 2.45) is 5.92 Å². The van der Waals surface area contributed by atoms with Crippen LogP contribution in [0, 0.1) is 5.92 Å². The first-order valence-electron chi connectivity index (χ1n) is 7.99. The molecule has 3 atom stereocenters. The molecule has 0 aliphatic carbocycles. The van der Waals surface area contributed by atoms with E-state index in [0.717, 1.165) is 12.0 Å². The summed E-state index contributed by atoms with van der Waals surface area (Å²) in [6.07, 6.45) is 1.28. The van der Waals surface area contributed by atoms with Crippen molar-refractivity contribution < 1.29 is 9.53 Å². The number of hydrogen-bond donors (Lipinski definition) is 0.